The molecule has 0 aliphatic carbocycles. The van der Waals surface area contributed by atoms with E-state index in [0.717, 1.165) is 27.4 Å². The summed E-state index contributed by atoms with van der Waals surface area (Å²) in [6.45, 7) is 6.14. The van der Waals surface area contributed by atoms with E-state index in [1.54, 1.807) is 13.3 Å². The van der Waals surface area contributed by atoms with Crippen LogP contribution < -0.4 is 0 Å². The van der Waals surface area contributed by atoms with Gasteiger partial charge in [0.1, 0.15) is 0 Å². The molecular weight excluding hydrogens is 376 g/mol. The number of carbonyl (C=O) groups is 1. The molecule has 5 heteroatoms. The Morgan fingerprint density at radius 3 is 2.50 bits per heavy atom. The number of aromatic nitrogens is 2. The third-order valence-corrected chi connectivity index (χ3v) is 5.39. The molecule has 5 nitrogen and oxygen atoms in total. The number of ether oxygens (including phenoxy) is 2. The molecule has 0 aliphatic heterocycles. The van der Waals surface area contributed by atoms with Crippen LogP contribution in [0.3, 0.4) is 0 Å². The highest BCUT2D eigenvalue weighted by molar-refractivity contribution is 6.11. The highest BCUT2D eigenvalue weighted by atomic mass is 16.5. The fourth-order valence-electron chi connectivity index (χ4n) is 3.91. The Hall–Kier alpha value is -3.18. The standard InChI is InChI=1S/C25H26N2O3/c1-15(2)30-25(28)24-20(14-29-4)23-19-12-18(16(3)17-8-6-5-7-9-17)10-11-21(19)27-22(23)13-26-24/h5-13,15-16,27H,14H2,1-4H3. The molecule has 4 aromatic rings. The van der Waals surface area contributed by atoms with E-state index < -0.39 is 5.97 Å². The van der Waals surface area contributed by atoms with E-state index in [1.807, 2.05) is 19.9 Å². The van der Waals surface area contributed by atoms with Crippen LogP contribution in [0.5, 0.6) is 0 Å². The lowest BCUT2D eigenvalue weighted by atomic mass is 9.92. The largest absolute Gasteiger partial charge is 0.458 e. The van der Waals surface area contributed by atoms with E-state index in [1.165, 1.54) is 11.1 Å². The summed E-state index contributed by atoms with van der Waals surface area (Å²) in [6.07, 6.45) is 1.48. The molecule has 2 aromatic heterocycles. The third kappa shape index (κ3) is 3.68. The summed E-state index contributed by atoms with van der Waals surface area (Å²) in [4.78, 5) is 20.5. The fraction of sp³-hybridized carbons (Fsp3) is 0.280. The molecule has 1 unspecified atom stereocenters. The van der Waals surface area contributed by atoms with E-state index in [2.05, 4.69) is 59.4 Å². The number of carbonyl (C=O) groups excluding carboxylic acids is 1. The lowest BCUT2D eigenvalue weighted by Crippen LogP contribution is -2.15. The van der Waals surface area contributed by atoms with E-state index >= 15 is 0 Å². The second-order valence-electron chi connectivity index (χ2n) is 7.82. The highest BCUT2D eigenvalue weighted by Gasteiger charge is 2.21. The van der Waals surface area contributed by atoms with Gasteiger partial charge in [-0.25, -0.2) is 9.78 Å². The smallest absolute Gasteiger partial charge is 0.357 e. The van der Waals surface area contributed by atoms with Crippen molar-refractivity contribution in [3.05, 3.63) is 77.1 Å². The zero-order valence-electron chi connectivity index (χ0n) is 17.7. The summed E-state index contributed by atoms with van der Waals surface area (Å²) in [6, 6.07) is 16.9. The van der Waals surface area contributed by atoms with E-state index in [4.69, 9.17) is 9.47 Å². The molecule has 2 aromatic carbocycles. The Labute approximate surface area is 176 Å². The molecule has 4 rings (SSSR count). The normalized spacial score (nSPS) is 12.6. The Balaban J connectivity index is 1.90. The number of fused-ring (bicyclic) bond motifs is 3. The Kier molecular flexibility index (Phi) is 5.55. The maximum atomic E-state index is 12.7. The molecule has 154 valence electrons. The molecule has 1 N–H and O–H groups in total. The number of esters is 1. The zero-order valence-corrected chi connectivity index (χ0v) is 17.7. The summed E-state index contributed by atoms with van der Waals surface area (Å²) in [5.74, 6) is -0.180. The summed E-state index contributed by atoms with van der Waals surface area (Å²) in [5, 5.41) is 2.01. The molecule has 0 spiro atoms. The van der Waals surface area contributed by atoms with Crippen molar-refractivity contribution in [1.29, 1.82) is 0 Å². The van der Waals surface area contributed by atoms with Gasteiger partial charge in [0.15, 0.2) is 5.69 Å². The molecule has 2 heterocycles. The van der Waals surface area contributed by atoms with E-state index in [0.29, 0.717) is 5.69 Å². The van der Waals surface area contributed by atoms with E-state index in [9.17, 15) is 4.79 Å². The van der Waals surface area contributed by atoms with Crippen molar-refractivity contribution in [2.75, 3.05) is 7.11 Å². The van der Waals surface area contributed by atoms with Crippen molar-refractivity contribution in [3.63, 3.8) is 0 Å². The number of benzene rings is 2. The highest BCUT2D eigenvalue weighted by Crippen LogP contribution is 2.34. The van der Waals surface area contributed by atoms with Gasteiger partial charge >= 0.3 is 5.97 Å². The van der Waals surface area contributed by atoms with Gasteiger partial charge in [0.2, 0.25) is 0 Å². The van der Waals surface area contributed by atoms with Crippen LogP contribution >= 0.6 is 0 Å². The summed E-state index contributed by atoms with van der Waals surface area (Å²) in [5.41, 5.74) is 5.40. The van der Waals surface area contributed by atoms with Crippen LogP contribution in [0.15, 0.2) is 54.7 Å². The fourth-order valence-corrected chi connectivity index (χ4v) is 3.91. The molecule has 0 aliphatic rings. The van der Waals surface area contributed by atoms with Crippen LogP contribution in [-0.4, -0.2) is 29.2 Å². The second kappa shape index (κ2) is 8.28. The quantitative estimate of drug-likeness (QED) is 0.428. The molecule has 0 saturated carbocycles. The molecule has 0 bridgehead atoms. The van der Waals surface area contributed by atoms with Gasteiger partial charge < -0.3 is 14.5 Å². The lowest BCUT2D eigenvalue weighted by molar-refractivity contribution is 0.0366. The van der Waals surface area contributed by atoms with Crippen molar-refractivity contribution < 1.29 is 14.3 Å². The van der Waals surface area contributed by atoms with Gasteiger partial charge in [0.25, 0.3) is 0 Å². The first-order valence-electron chi connectivity index (χ1n) is 10.2. The van der Waals surface area contributed by atoms with Crippen LogP contribution in [0.4, 0.5) is 0 Å². The summed E-state index contributed by atoms with van der Waals surface area (Å²) >= 11 is 0. The summed E-state index contributed by atoms with van der Waals surface area (Å²) < 4.78 is 10.8. The van der Waals surface area contributed by atoms with Gasteiger partial charge in [-0.1, -0.05) is 43.3 Å². The maximum absolute atomic E-state index is 12.7. The van der Waals surface area contributed by atoms with Gasteiger partial charge in [-0.15, -0.1) is 0 Å². The van der Waals surface area contributed by atoms with Gasteiger partial charge in [-0.2, -0.15) is 0 Å². The minimum Gasteiger partial charge on any atom is -0.458 e. The zero-order chi connectivity index (χ0) is 21.3. The minimum atomic E-state index is -0.429. The summed E-state index contributed by atoms with van der Waals surface area (Å²) in [7, 11) is 1.62. The van der Waals surface area contributed by atoms with Gasteiger partial charge in [0, 0.05) is 34.9 Å². The van der Waals surface area contributed by atoms with Crippen molar-refractivity contribution >= 4 is 27.8 Å². The molecule has 30 heavy (non-hydrogen) atoms. The van der Waals surface area contributed by atoms with Crippen molar-refractivity contribution in [3.8, 4) is 0 Å². The predicted molar refractivity (Wildman–Crippen MR) is 119 cm³/mol. The van der Waals surface area contributed by atoms with Crippen LogP contribution in [0.1, 0.15) is 53.9 Å². The number of nitrogens with zero attached hydrogens (tertiary/aromatic N) is 1. The predicted octanol–water partition coefficient (Wildman–Crippen LogP) is 5.58. The molecule has 1 atom stereocenters. The average Bonchev–Trinajstić information content (AvgIpc) is 3.12. The van der Waals surface area contributed by atoms with Crippen LogP contribution in [0.25, 0.3) is 21.8 Å². The molecule has 0 amide bonds. The van der Waals surface area contributed by atoms with Gasteiger partial charge in [-0.3, -0.25) is 0 Å². The second-order valence-corrected chi connectivity index (χ2v) is 7.82. The minimum absolute atomic E-state index is 0.216. The van der Waals surface area contributed by atoms with Crippen molar-refractivity contribution in [2.24, 2.45) is 0 Å². The molecule has 0 saturated heterocycles. The number of pyridine rings is 1. The van der Waals surface area contributed by atoms with Crippen LogP contribution in [0.2, 0.25) is 0 Å². The number of hydrogen-bond acceptors (Lipinski definition) is 4. The maximum Gasteiger partial charge on any atom is 0.357 e. The topological polar surface area (TPSA) is 64.2 Å². The Morgan fingerprint density at radius 1 is 1.03 bits per heavy atom. The van der Waals surface area contributed by atoms with Crippen LogP contribution in [-0.2, 0) is 16.1 Å². The number of hydrogen-bond donors (Lipinski definition) is 1. The van der Waals surface area contributed by atoms with Crippen molar-refractivity contribution in [2.45, 2.75) is 39.4 Å². The number of nitrogens with one attached hydrogen (secondary N) is 1. The lowest BCUT2D eigenvalue weighted by Gasteiger charge is -2.14. The van der Waals surface area contributed by atoms with Gasteiger partial charge in [-0.05, 0) is 37.1 Å². The number of rotatable bonds is 6. The molecule has 0 radical (unpaired) electrons. The van der Waals surface area contributed by atoms with Gasteiger partial charge in [0.05, 0.1) is 24.4 Å². The number of aromatic amines is 1. The first kappa shape index (κ1) is 20.1. The number of methoxy groups -OCH3 is 1. The first-order valence-corrected chi connectivity index (χ1v) is 10.2. The first-order chi connectivity index (χ1) is 14.5. The number of H-pyrrole nitrogens is 1. The Morgan fingerprint density at radius 2 is 1.80 bits per heavy atom. The SMILES string of the molecule is COCc1c(C(=O)OC(C)C)ncc2[nH]c3ccc(C(C)c4ccccc4)cc3c12. The Bertz CT molecular complexity index is 1200. The monoisotopic (exact) mass is 402 g/mol. The third-order valence-electron chi connectivity index (χ3n) is 5.39. The molecule has 0 fully saturated rings. The van der Waals surface area contributed by atoms with Crippen LogP contribution in [0, 0.1) is 0 Å². The average molecular weight is 402 g/mol. The van der Waals surface area contributed by atoms with E-state index in [-0.39, 0.29) is 18.6 Å². The van der Waals surface area contributed by atoms with Crippen molar-refractivity contribution in [1.82, 2.24) is 9.97 Å². The molecular formula is C25H26N2O3.